The average molecular weight is 473 g/mol. The number of para-hydroxylation sites is 1. The molecule has 0 saturated heterocycles. The van der Waals surface area contributed by atoms with Gasteiger partial charge in [0.05, 0.1) is 12.3 Å². The van der Waals surface area contributed by atoms with Crippen molar-refractivity contribution in [1.82, 2.24) is 9.97 Å². The fourth-order valence-corrected chi connectivity index (χ4v) is 6.39. The van der Waals surface area contributed by atoms with Crippen molar-refractivity contribution in [2.75, 3.05) is 17.2 Å². The minimum Gasteiger partial charge on any atom is -0.405 e. The van der Waals surface area contributed by atoms with Gasteiger partial charge < -0.3 is 20.5 Å². The number of aromatic nitrogens is 2. The second kappa shape index (κ2) is 8.62. The van der Waals surface area contributed by atoms with Gasteiger partial charge in [-0.05, 0) is 61.3 Å². The SMILES string of the molecule is N#Cc1cnc(NCc2ccccc2OC(F)(F)F)nc1NCC12CC3C[C@H](C1)C(O)[C@@H](C3)C2. The molecule has 0 amide bonds. The van der Waals surface area contributed by atoms with Crippen molar-refractivity contribution in [3.05, 3.63) is 41.6 Å². The molecule has 4 aliphatic carbocycles. The molecule has 4 aliphatic rings. The molecular formula is C24H26F3N5O2. The van der Waals surface area contributed by atoms with Crippen LogP contribution in [0.4, 0.5) is 24.9 Å². The van der Waals surface area contributed by atoms with E-state index in [0.29, 0.717) is 41.2 Å². The van der Waals surface area contributed by atoms with Crippen LogP contribution in [0.2, 0.25) is 0 Å². The molecule has 6 rings (SSSR count). The summed E-state index contributed by atoms with van der Waals surface area (Å²) in [6.07, 6.45) is 1.69. The van der Waals surface area contributed by atoms with Gasteiger partial charge in [-0.25, -0.2) is 4.98 Å². The molecule has 2 aromatic rings. The van der Waals surface area contributed by atoms with Gasteiger partial charge in [0.25, 0.3) is 0 Å². The van der Waals surface area contributed by atoms with Gasteiger partial charge in [-0.1, -0.05) is 18.2 Å². The summed E-state index contributed by atoms with van der Waals surface area (Å²) in [5.74, 6) is 1.66. The molecule has 0 radical (unpaired) electrons. The lowest BCUT2D eigenvalue weighted by Crippen LogP contribution is -2.55. The Morgan fingerprint density at radius 2 is 1.88 bits per heavy atom. The Morgan fingerprint density at radius 1 is 1.15 bits per heavy atom. The standard InChI is InChI=1S/C24H26F3N5O2/c25-24(26,27)34-19-4-2-1-3-15(19)11-29-22-30-12-18(10-28)21(32-22)31-13-23-7-14-5-16(8-23)20(33)17(6-14)9-23/h1-4,12,14,16-17,20,33H,5-9,11,13H2,(H2,29,30,31,32)/t14?,16-,17+,20?,23?. The monoisotopic (exact) mass is 473 g/mol. The third-order valence-electron chi connectivity index (χ3n) is 7.53. The lowest BCUT2D eigenvalue weighted by atomic mass is 9.48. The number of halogens is 3. The fourth-order valence-electron chi connectivity index (χ4n) is 6.39. The molecular weight excluding hydrogens is 447 g/mol. The summed E-state index contributed by atoms with van der Waals surface area (Å²) in [6, 6.07) is 7.96. The van der Waals surface area contributed by atoms with Crippen molar-refractivity contribution in [3.8, 4) is 11.8 Å². The molecule has 1 aromatic carbocycles. The van der Waals surface area contributed by atoms with Gasteiger partial charge in [-0.3, -0.25) is 0 Å². The number of hydrogen-bond donors (Lipinski definition) is 3. The van der Waals surface area contributed by atoms with Crippen LogP contribution in [0.25, 0.3) is 0 Å². The number of ether oxygens (including phenoxy) is 1. The summed E-state index contributed by atoms with van der Waals surface area (Å²) in [5, 5.41) is 26.3. The number of aliphatic hydroxyl groups excluding tert-OH is 1. The van der Waals surface area contributed by atoms with E-state index in [1.54, 1.807) is 6.07 Å². The van der Waals surface area contributed by atoms with Crippen LogP contribution in [0.5, 0.6) is 5.75 Å². The molecule has 3 unspecified atom stereocenters. The quantitative estimate of drug-likeness (QED) is 0.546. The Morgan fingerprint density at radius 3 is 2.59 bits per heavy atom. The van der Waals surface area contributed by atoms with Gasteiger partial charge in [0.15, 0.2) is 0 Å². The first-order chi connectivity index (χ1) is 16.2. The number of hydrogen-bond acceptors (Lipinski definition) is 7. The molecule has 4 saturated carbocycles. The number of rotatable bonds is 7. The maximum Gasteiger partial charge on any atom is 0.573 e. The smallest absolute Gasteiger partial charge is 0.405 e. The van der Waals surface area contributed by atoms with Crippen LogP contribution in [-0.2, 0) is 6.54 Å². The molecule has 4 bridgehead atoms. The van der Waals surface area contributed by atoms with Crippen LogP contribution in [0.3, 0.4) is 0 Å². The lowest BCUT2D eigenvalue weighted by Gasteiger charge is -2.59. The molecule has 10 heteroatoms. The minimum atomic E-state index is -4.79. The molecule has 0 spiro atoms. The molecule has 180 valence electrons. The van der Waals surface area contributed by atoms with Crippen molar-refractivity contribution >= 4 is 11.8 Å². The van der Waals surface area contributed by atoms with E-state index in [9.17, 15) is 23.5 Å². The number of anilines is 2. The molecule has 0 aliphatic heterocycles. The van der Waals surface area contributed by atoms with Crippen molar-refractivity contribution in [1.29, 1.82) is 5.26 Å². The normalized spacial score (nSPS) is 29.5. The Labute approximate surface area is 195 Å². The van der Waals surface area contributed by atoms with E-state index in [-0.39, 0.29) is 29.8 Å². The van der Waals surface area contributed by atoms with Crippen LogP contribution in [0.1, 0.15) is 43.2 Å². The number of alkyl halides is 3. The molecule has 7 nitrogen and oxygen atoms in total. The molecule has 34 heavy (non-hydrogen) atoms. The van der Waals surface area contributed by atoms with E-state index >= 15 is 0 Å². The average Bonchev–Trinajstić information content (AvgIpc) is 2.79. The van der Waals surface area contributed by atoms with Crippen molar-refractivity contribution < 1.29 is 23.0 Å². The number of nitrogens with one attached hydrogen (secondary N) is 2. The third kappa shape index (κ3) is 4.62. The zero-order chi connectivity index (χ0) is 23.9. The Kier molecular flexibility index (Phi) is 5.76. The number of benzene rings is 1. The number of nitrogens with zero attached hydrogens (tertiary/aromatic N) is 3. The van der Waals surface area contributed by atoms with Gasteiger partial charge in [0.2, 0.25) is 5.95 Å². The summed E-state index contributed by atoms with van der Waals surface area (Å²) in [5.41, 5.74) is 0.694. The summed E-state index contributed by atoms with van der Waals surface area (Å²) >= 11 is 0. The number of aliphatic hydroxyl groups is 1. The summed E-state index contributed by atoms with van der Waals surface area (Å²) in [7, 11) is 0. The van der Waals surface area contributed by atoms with Crippen LogP contribution in [-0.4, -0.2) is 34.1 Å². The van der Waals surface area contributed by atoms with Gasteiger partial charge in [0.1, 0.15) is 23.2 Å². The highest BCUT2D eigenvalue weighted by Crippen LogP contribution is 2.60. The van der Waals surface area contributed by atoms with E-state index in [0.717, 1.165) is 32.1 Å². The van der Waals surface area contributed by atoms with Crippen molar-refractivity contribution in [2.24, 2.45) is 23.2 Å². The minimum absolute atomic E-state index is 0.0183. The molecule has 1 aromatic heterocycles. The third-order valence-corrected chi connectivity index (χ3v) is 7.53. The predicted octanol–water partition coefficient (Wildman–Crippen LogP) is 4.46. The van der Waals surface area contributed by atoms with Gasteiger partial charge in [-0.2, -0.15) is 10.2 Å². The second-order valence-electron chi connectivity index (χ2n) is 9.89. The van der Waals surface area contributed by atoms with Crippen molar-refractivity contribution in [3.63, 3.8) is 0 Å². The van der Waals surface area contributed by atoms with E-state index in [2.05, 4.69) is 31.4 Å². The maximum absolute atomic E-state index is 12.7. The first-order valence-corrected chi connectivity index (χ1v) is 11.5. The van der Waals surface area contributed by atoms with E-state index in [1.165, 1.54) is 24.4 Å². The number of nitriles is 1. The Hall–Kier alpha value is -3.06. The summed E-state index contributed by atoms with van der Waals surface area (Å²) in [4.78, 5) is 8.56. The van der Waals surface area contributed by atoms with Crippen LogP contribution in [0, 0.1) is 34.5 Å². The molecule has 4 fully saturated rings. The highest BCUT2D eigenvalue weighted by atomic mass is 19.4. The highest BCUT2D eigenvalue weighted by Gasteiger charge is 2.54. The van der Waals surface area contributed by atoms with Gasteiger partial charge in [0, 0.05) is 18.7 Å². The second-order valence-corrected chi connectivity index (χ2v) is 9.89. The fraction of sp³-hybridized carbons (Fsp3) is 0.542. The Balaban J connectivity index is 1.28. The topological polar surface area (TPSA) is 103 Å². The molecule has 3 N–H and O–H groups in total. The van der Waals surface area contributed by atoms with E-state index < -0.39 is 6.36 Å². The van der Waals surface area contributed by atoms with Crippen LogP contribution in [0.15, 0.2) is 30.5 Å². The van der Waals surface area contributed by atoms with Gasteiger partial charge >= 0.3 is 6.36 Å². The lowest BCUT2D eigenvalue weighted by molar-refractivity contribution is -0.274. The van der Waals surface area contributed by atoms with E-state index in [1.807, 2.05) is 0 Å². The van der Waals surface area contributed by atoms with Crippen LogP contribution >= 0.6 is 0 Å². The molecule has 1 heterocycles. The molecule has 5 atom stereocenters. The van der Waals surface area contributed by atoms with E-state index in [4.69, 9.17) is 0 Å². The predicted molar refractivity (Wildman–Crippen MR) is 118 cm³/mol. The highest BCUT2D eigenvalue weighted by molar-refractivity contribution is 5.53. The summed E-state index contributed by atoms with van der Waals surface area (Å²) < 4.78 is 42.1. The van der Waals surface area contributed by atoms with Gasteiger partial charge in [-0.15, -0.1) is 13.2 Å². The zero-order valence-corrected chi connectivity index (χ0v) is 18.5. The first-order valence-electron chi connectivity index (χ1n) is 11.5. The first kappa shape index (κ1) is 22.7. The summed E-state index contributed by atoms with van der Waals surface area (Å²) in [6.45, 7) is 0.682. The van der Waals surface area contributed by atoms with Crippen molar-refractivity contribution in [2.45, 2.75) is 51.1 Å². The largest absolute Gasteiger partial charge is 0.573 e. The van der Waals surface area contributed by atoms with Crippen LogP contribution < -0.4 is 15.4 Å². The Bertz CT molecular complexity index is 1090. The maximum atomic E-state index is 12.7. The zero-order valence-electron chi connectivity index (χ0n) is 18.5.